The van der Waals surface area contributed by atoms with E-state index in [9.17, 15) is 4.79 Å². The first-order valence-corrected chi connectivity index (χ1v) is 18.4. The minimum Gasteiger partial charge on any atom is -0.307 e. The minimum absolute atomic E-state index is 0.0989. The maximum atomic E-state index is 13.2. The standard InChI is InChI=1S/C36H73N3O/c1-4-7-10-13-16-19-24-29-38(30-25-20-17-14-11-8-5-2)32-33-39(31-26-21-18-15-12-9-6-3)34-36(40)35-27-22-23-28-37-35/h35,37H,4-34H2,1-3H3. The van der Waals surface area contributed by atoms with Gasteiger partial charge < -0.3 is 10.2 Å². The second-order valence-corrected chi connectivity index (χ2v) is 13.0. The molecule has 1 aliphatic heterocycles. The van der Waals surface area contributed by atoms with E-state index in [1.807, 2.05) is 0 Å². The van der Waals surface area contributed by atoms with E-state index in [1.165, 1.54) is 161 Å². The highest BCUT2D eigenvalue weighted by atomic mass is 16.1. The van der Waals surface area contributed by atoms with Crippen LogP contribution in [0.25, 0.3) is 0 Å². The van der Waals surface area contributed by atoms with Crippen LogP contribution in [0.2, 0.25) is 0 Å². The predicted molar refractivity (Wildman–Crippen MR) is 178 cm³/mol. The molecule has 0 aromatic carbocycles. The molecule has 0 radical (unpaired) electrons. The Morgan fingerprint density at radius 3 is 1.35 bits per heavy atom. The molecule has 1 atom stereocenters. The van der Waals surface area contributed by atoms with Crippen LogP contribution in [0, 0.1) is 0 Å². The van der Waals surface area contributed by atoms with E-state index in [0.29, 0.717) is 12.3 Å². The number of piperidine rings is 1. The van der Waals surface area contributed by atoms with E-state index in [0.717, 1.165) is 32.6 Å². The Balaban J connectivity index is 2.54. The maximum absolute atomic E-state index is 13.2. The number of Topliss-reactive ketones (excluding diaryl/α,β-unsaturated/α-hetero) is 1. The number of nitrogens with zero attached hydrogens (tertiary/aromatic N) is 2. The molecule has 1 N–H and O–H groups in total. The fraction of sp³-hybridized carbons (Fsp3) is 0.972. The van der Waals surface area contributed by atoms with Crippen molar-refractivity contribution in [2.24, 2.45) is 0 Å². The normalized spacial score (nSPS) is 15.9. The number of unbranched alkanes of at least 4 members (excludes halogenated alkanes) is 18. The van der Waals surface area contributed by atoms with Gasteiger partial charge in [-0.15, -0.1) is 0 Å². The summed E-state index contributed by atoms with van der Waals surface area (Å²) in [6, 6.07) is 0.0989. The Morgan fingerprint density at radius 1 is 0.525 bits per heavy atom. The highest BCUT2D eigenvalue weighted by molar-refractivity contribution is 5.86. The van der Waals surface area contributed by atoms with Crippen LogP contribution >= 0.6 is 0 Å². The lowest BCUT2D eigenvalue weighted by molar-refractivity contribution is -0.122. The minimum atomic E-state index is 0.0989. The summed E-state index contributed by atoms with van der Waals surface area (Å²) in [7, 11) is 0. The number of nitrogens with one attached hydrogen (secondary N) is 1. The van der Waals surface area contributed by atoms with Crippen molar-refractivity contribution in [2.45, 2.75) is 181 Å². The third-order valence-corrected chi connectivity index (χ3v) is 9.04. The summed E-state index contributed by atoms with van der Waals surface area (Å²) in [5.74, 6) is 0.438. The van der Waals surface area contributed by atoms with Crippen LogP contribution in [0.3, 0.4) is 0 Å². The molecule has 40 heavy (non-hydrogen) atoms. The zero-order chi connectivity index (χ0) is 28.9. The number of hydrogen-bond acceptors (Lipinski definition) is 4. The Bertz CT molecular complexity index is 516. The van der Waals surface area contributed by atoms with Gasteiger partial charge in [0.2, 0.25) is 0 Å². The van der Waals surface area contributed by atoms with Crippen LogP contribution in [-0.2, 0) is 4.79 Å². The summed E-state index contributed by atoms with van der Waals surface area (Å²) in [6.07, 6.45) is 32.2. The first-order chi connectivity index (χ1) is 19.7. The van der Waals surface area contributed by atoms with Gasteiger partial charge in [-0.3, -0.25) is 9.69 Å². The zero-order valence-electron chi connectivity index (χ0n) is 27.8. The van der Waals surface area contributed by atoms with Crippen LogP contribution < -0.4 is 5.32 Å². The van der Waals surface area contributed by atoms with Gasteiger partial charge in [-0.1, -0.05) is 143 Å². The molecule has 0 bridgehead atoms. The first kappa shape index (κ1) is 37.6. The average molecular weight is 564 g/mol. The Morgan fingerprint density at radius 2 is 0.925 bits per heavy atom. The SMILES string of the molecule is CCCCCCCCCN(CCCCCCCCC)CCN(CCCCCCCCC)CC(=O)C1CCCCN1. The smallest absolute Gasteiger partial charge is 0.163 e. The fourth-order valence-corrected chi connectivity index (χ4v) is 6.22. The largest absolute Gasteiger partial charge is 0.307 e. The molecule has 238 valence electrons. The van der Waals surface area contributed by atoms with Crippen LogP contribution in [0.15, 0.2) is 0 Å². The molecule has 1 saturated heterocycles. The van der Waals surface area contributed by atoms with Gasteiger partial charge in [-0.25, -0.2) is 0 Å². The summed E-state index contributed by atoms with van der Waals surface area (Å²) in [4.78, 5) is 18.5. The van der Waals surface area contributed by atoms with Gasteiger partial charge in [0.25, 0.3) is 0 Å². The predicted octanol–water partition coefficient (Wildman–Crippen LogP) is 9.55. The molecule has 4 heteroatoms. The van der Waals surface area contributed by atoms with E-state index in [2.05, 4.69) is 35.9 Å². The first-order valence-electron chi connectivity index (χ1n) is 18.4. The van der Waals surface area contributed by atoms with Gasteiger partial charge in [0.15, 0.2) is 5.78 Å². The topological polar surface area (TPSA) is 35.6 Å². The van der Waals surface area contributed by atoms with Gasteiger partial charge in [-0.05, 0) is 58.3 Å². The monoisotopic (exact) mass is 564 g/mol. The molecular formula is C36H73N3O. The van der Waals surface area contributed by atoms with Crippen molar-refractivity contribution in [3.05, 3.63) is 0 Å². The molecule has 1 unspecified atom stereocenters. The van der Waals surface area contributed by atoms with Crippen molar-refractivity contribution in [1.82, 2.24) is 15.1 Å². The van der Waals surface area contributed by atoms with Crippen LogP contribution in [-0.4, -0.2) is 67.4 Å². The lowest BCUT2D eigenvalue weighted by atomic mass is 10.0. The van der Waals surface area contributed by atoms with Crippen molar-refractivity contribution in [3.63, 3.8) is 0 Å². The van der Waals surface area contributed by atoms with Crippen LogP contribution in [0.4, 0.5) is 0 Å². The number of ketones is 1. The Kier molecular flexibility index (Phi) is 26.9. The molecule has 1 rings (SSSR count). The van der Waals surface area contributed by atoms with Crippen LogP contribution in [0.5, 0.6) is 0 Å². The molecule has 0 aliphatic carbocycles. The van der Waals surface area contributed by atoms with Crippen LogP contribution in [0.1, 0.15) is 175 Å². The molecule has 1 fully saturated rings. The van der Waals surface area contributed by atoms with Gasteiger partial charge in [-0.2, -0.15) is 0 Å². The van der Waals surface area contributed by atoms with E-state index < -0.39 is 0 Å². The molecule has 1 aliphatic rings. The summed E-state index contributed by atoms with van der Waals surface area (Å²) < 4.78 is 0. The summed E-state index contributed by atoms with van der Waals surface area (Å²) in [5.41, 5.74) is 0. The van der Waals surface area contributed by atoms with Crippen molar-refractivity contribution in [1.29, 1.82) is 0 Å². The van der Waals surface area contributed by atoms with Gasteiger partial charge >= 0.3 is 0 Å². The van der Waals surface area contributed by atoms with Gasteiger partial charge in [0.05, 0.1) is 12.6 Å². The molecule has 0 saturated carbocycles. The average Bonchev–Trinajstić information content (AvgIpc) is 2.98. The third kappa shape index (κ3) is 22.2. The zero-order valence-corrected chi connectivity index (χ0v) is 27.8. The van der Waals surface area contributed by atoms with Crippen molar-refractivity contribution >= 4 is 5.78 Å². The molecule has 0 amide bonds. The molecule has 0 spiro atoms. The van der Waals surface area contributed by atoms with E-state index in [1.54, 1.807) is 0 Å². The van der Waals surface area contributed by atoms with E-state index in [-0.39, 0.29) is 6.04 Å². The third-order valence-electron chi connectivity index (χ3n) is 9.04. The number of rotatable bonds is 30. The molecule has 4 nitrogen and oxygen atoms in total. The summed E-state index contributed by atoms with van der Waals surface area (Å²) in [6.45, 7) is 14.3. The molecule has 0 aromatic rings. The Labute approximate surface area is 252 Å². The van der Waals surface area contributed by atoms with Crippen molar-refractivity contribution in [2.75, 3.05) is 45.8 Å². The van der Waals surface area contributed by atoms with Crippen molar-refractivity contribution in [3.8, 4) is 0 Å². The number of hydrogen-bond donors (Lipinski definition) is 1. The highest BCUT2D eigenvalue weighted by Crippen LogP contribution is 2.13. The molecule has 1 heterocycles. The molecular weight excluding hydrogens is 490 g/mol. The second-order valence-electron chi connectivity index (χ2n) is 13.0. The van der Waals surface area contributed by atoms with Gasteiger partial charge in [0, 0.05) is 13.1 Å². The second kappa shape index (κ2) is 28.7. The number of carbonyl (C=O) groups is 1. The Hall–Kier alpha value is -0.450. The van der Waals surface area contributed by atoms with Gasteiger partial charge in [0.1, 0.15) is 0 Å². The lowest BCUT2D eigenvalue weighted by Gasteiger charge is -2.29. The highest BCUT2D eigenvalue weighted by Gasteiger charge is 2.22. The van der Waals surface area contributed by atoms with Crippen molar-refractivity contribution < 1.29 is 4.79 Å². The lowest BCUT2D eigenvalue weighted by Crippen LogP contribution is -2.47. The van der Waals surface area contributed by atoms with E-state index >= 15 is 0 Å². The quantitative estimate of drug-likeness (QED) is 0.0883. The molecule has 0 aromatic heterocycles. The maximum Gasteiger partial charge on any atom is 0.163 e. The number of carbonyl (C=O) groups excluding carboxylic acids is 1. The fourth-order valence-electron chi connectivity index (χ4n) is 6.22. The summed E-state index contributed by atoms with van der Waals surface area (Å²) >= 11 is 0. The summed E-state index contributed by atoms with van der Waals surface area (Å²) in [5, 5.41) is 3.50. The van der Waals surface area contributed by atoms with E-state index in [4.69, 9.17) is 0 Å².